The van der Waals surface area contributed by atoms with Gasteiger partial charge >= 0.3 is 0 Å². The highest BCUT2D eigenvalue weighted by Gasteiger charge is 2.11. The number of nitrogens with one attached hydrogen (secondary N) is 2. The number of carbonyl (C=O) groups excluding carboxylic acids is 2. The minimum atomic E-state index is -0.132. The van der Waals surface area contributed by atoms with Gasteiger partial charge in [-0.2, -0.15) is 5.10 Å². The average Bonchev–Trinajstić information content (AvgIpc) is 2.87. The van der Waals surface area contributed by atoms with Crippen LogP contribution >= 0.6 is 11.6 Å². The highest BCUT2D eigenvalue weighted by molar-refractivity contribution is 6.34. The summed E-state index contributed by atoms with van der Waals surface area (Å²) < 4.78 is 1.91. The minimum Gasteiger partial charge on any atom is -0.326 e. The Morgan fingerprint density at radius 2 is 1.92 bits per heavy atom. The van der Waals surface area contributed by atoms with Gasteiger partial charge in [-0.1, -0.05) is 25.4 Å². The van der Waals surface area contributed by atoms with Crippen molar-refractivity contribution >= 4 is 34.8 Å². The number of aryl methyl sites for hydroxylation is 3. The summed E-state index contributed by atoms with van der Waals surface area (Å²) >= 11 is 6.19. The van der Waals surface area contributed by atoms with E-state index in [9.17, 15) is 9.59 Å². The van der Waals surface area contributed by atoms with E-state index in [1.165, 1.54) is 0 Å². The number of nitrogens with zero attached hydrogens (tertiary/aromatic N) is 2. The zero-order valence-corrected chi connectivity index (χ0v) is 16.4. The third-order valence-electron chi connectivity index (χ3n) is 3.91. The van der Waals surface area contributed by atoms with Crippen molar-refractivity contribution in [3.05, 3.63) is 40.7 Å². The zero-order valence-electron chi connectivity index (χ0n) is 15.6. The Balaban J connectivity index is 1.85. The van der Waals surface area contributed by atoms with Crippen LogP contribution in [0.15, 0.2) is 24.3 Å². The van der Waals surface area contributed by atoms with Gasteiger partial charge in [0.05, 0.1) is 16.4 Å². The standard InChI is InChI=1S/C19H25ClN4O2/c1-12(2)19(26)22-17-8-7-15(11-16(17)20)21-18(25)6-5-9-24-14(4)10-13(3)23-24/h7-8,10-12H,5-6,9H2,1-4H3,(H,21,25)(H,22,26). The molecule has 0 atom stereocenters. The van der Waals surface area contributed by atoms with Crippen molar-refractivity contribution in [2.75, 3.05) is 10.6 Å². The fraction of sp³-hybridized carbons (Fsp3) is 0.421. The first kappa shape index (κ1) is 20.0. The van der Waals surface area contributed by atoms with E-state index in [4.69, 9.17) is 11.6 Å². The van der Waals surface area contributed by atoms with Crippen LogP contribution in [-0.4, -0.2) is 21.6 Å². The van der Waals surface area contributed by atoms with Crippen LogP contribution in [0.5, 0.6) is 0 Å². The molecule has 0 aliphatic rings. The number of aromatic nitrogens is 2. The summed E-state index contributed by atoms with van der Waals surface area (Å²) in [6, 6.07) is 7.06. The van der Waals surface area contributed by atoms with Gasteiger partial charge in [0.1, 0.15) is 0 Å². The van der Waals surface area contributed by atoms with Gasteiger partial charge in [0.2, 0.25) is 11.8 Å². The van der Waals surface area contributed by atoms with Gasteiger partial charge in [-0.15, -0.1) is 0 Å². The van der Waals surface area contributed by atoms with Gasteiger partial charge < -0.3 is 10.6 Å². The topological polar surface area (TPSA) is 76.0 Å². The van der Waals surface area contributed by atoms with Crippen LogP contribution in [-0.2, 0) is 16.1 Å². The van der Waals surface area contributed by atoms with Crippen LogP contribution < -0.4 is 10.6 Å². The Morgan fingerprint density at radius 1 is 1.19 bits per heavy atom. The predicted octanol–water partition coefficient (Wildman–Crippen LogP) is 4.17. The van der Waals surface area contributed by atoms with Gasteiger partial charge in [0.15, 0.2) is 0 Å². The van der Waals surface area contributed by atoms with E-state index in [0.29, 0.717) is 35.8 Å². The first-order valence-electron chi connectivity index (χ1n) is 8.67. The molecule has 0 radical (unpaired) electrons. The maximum atomic E-state index is 12.1. The van der Waals surface area contributed by atoms with E-state index >= 15 is 0 Å². The highest BCUT2D eigenvalue weighted by atomic mass is 35.5. The van der Waals surface area contributed by atoms with Gasteiger partial charge in [-0.25, -0.2) is 0 Å². The van der Waals surface area contributed by atoms with E-state index < -0.39 is 0 Å². The normalized spacial score (nSPS) is 10.8. The molecule has 0 bridgehead atoms. The lowest BCUT2D eigenvalue weighted by atomic mass is 10.2. The molecule has 0 saturated carbocycles. The van der Waals surface area contributed by atoms with E-state index in [2.05, 4.69) is 15.7 Å². The Morgan fingerprint density at radius 3 is 2.50 bits per heavy atom. The van der Waals surface area contributed by atoms with E-state index in [1.54, 1.807) is 18.2 Å². The highest BCUT2D eigenvalue weighted by Crippen LogP contribution is 2.26. The summed E-state index contributed by atoms with van der Waals surface area (Å²) in [5.74, 6) is -0.318. The molecular formula is C19H25ClN4O2. The minimum absolute atomic E-state index is 0.0819. The summed E-state index contributed by atoms with van der Waals surface area (Å²) in [6.45, 7) is 8.27. The quantitative estimate of drug-likeness (QED) is 0.761. The number of amides is 2. The molecule has 2 rings (SSSR count). The molecule has 6 nitrogen and oxygen atoms in total. The lowest BCUT2D eigenvalue weighted by molar-refractivity contribution is -0.119. The van der Waals surface area contributed by atoms with E-state index in [-0.39, 0.29) is 17.7 Å². The van der Waals surface area contributed by atoms with Crippen molar-refractivity contribution < 1.29 is 9.59 Å². The predicted molar refractivity (Wildman–Crippen MR) is 104 cm³/mol. The van der Waals surface area contributed by atoms with Crippen molar-refractivity contribution in [1.29, 1.82) is 0 Å². The van der Waals surface area contributed by atoms with Crippen molar-refractivity contribution in [3.63, 3.8) is 0 Å². The average molecular weight is 377 g/mol. The van der Waals surface area contributed by atoms with Crippen LogP contribution in [0.25, 0.3) is 0 Å². The summed E-state index contributed by atoms with van der Waals surface area (Å²) in [7, 11) is 0. The Labute approximate surface area is 158 Å². The molecule has 1 aromatic carbocycles. The molecule has 140 valence electrons. The molecule has 7 heteroatoms. The number of hydrogen-bond acceptors (Lipinski definition) is 3. The summed E-state index contributed by atoms with van der Waals surface area (Å²) in [4.78, 5) is 23.8. The SMILES string of the molecule is Cc1cc(C)n(CCCC(=O)Nc2ccc(NC(=O)C(C)C)c(Cl)c2)n1. The fourth-order valence-electron chi connectivity index (χ4n) is 2.49. The first-order chi connectivity index (χ1) is 12.3. The third-order valence-corrected chi connectivity index (χ3v) is 4.22. The molecule has 0 aliphatic heterocycles. The second-order valence-corrected chi connectivity index (χ2v) is 7.05. The number of halogens is 1. The molecule has 0 saturated heterocycles. The van der Waals surface area contributed by atoms with Gasteiger partial charge in [-0.05, 0) is 44.5 Å². The molecule has 0 spiro atoms. The third kappa shape index (κ3) is 5.59. The van der Waals surface area contributed by atoms with Crippen LogP contribution in [0.1, 0.15) is 38.1 Å². The number of carbonyl (C=O) groups is 2. The molecule has 1 aromatic heterocycles. The molecule has 2 aromatic rings. The lowest BCUT2D eigenvalue weighted by Crippen LogP contribution is -2.18. The van der Waals surface area contributed by atoms with E-state index in [1.807, 2.05) is 38.4 Å². The lowest BCUT2D eigenvalue weighted by Gasteiger charge is -2.11. The van der Waals surface area contributed by atoms with Crippen molar-refractivity contribution in [1.82, 2.24) is 9.78 Å². The number of rotatable bonds is 7. The first-order valence-corrected chi connectivity index (χ1v) is 9.05. The fourth-order valence-corrected chi connectivity index (χ4v) is 2.71. The summed E-state index contributed by atoms with van der Waals surface area (Å²) in [6.07, 6.45) is 1.09. The Kier molecular flexibility index (Phi) is 6.80. The summed E-state index contributed by atoms with van der Waals surface area (Å²) in [5, 5.41) is 10.4. The second-order valence-electron chi connectivity index (χ2n) is 6.64. The van der Waals surface area contributed by atoms with Crippen LogP contribution in [0.4, 0.5) is 11.4 Å². The zero-order chi connectivity index (χ0) is 19.3. The van der Waals surface area contributed by atoms with Crippen molar-refractivity contribution in [2.24, 2.45) is 5.92 Å². The van der Waals surface area contributed by atoms with Gasteiger partial charge in [0, 0.05) is 30.3 Å². The maximum Gasteiger partial charge on any atom is 0.226 e. The Hall–Kier alpha value is -2.34. The number of anilines is 2. The molecule has 2 N–H and O–H groups in total. The smallest absolute Gasteiger partial charge is 0.226 e. The van der Waals surface area contributed by atoms with Crippen molar-refractivity contribution in [2.45, 2.75) is 47.1 Å². The molecule has 2 amide bonds. The van der Waals surface area contributed by atoms with Gasteiger partial charge in [-0.3, -0.25) is 14.3 Å². The molecule has 0 aliphatic carbocycles. The maximum absolute atomic E-state index is 12.1. The summed E-state index contributed by atoms with van der Waals surface area (Å²) in [5.41, 5.74) is 3.21. The molecular weight excluding hydrogens is 352 g/mol. The van der Waals surface area contributed by atoms with E-state index in [0.717, 1.165) is 11.4 Å². The number of hydrogen-bond donors (Lipinski definition) is 2. The number of benzene rings is 1. The Bertz CT molecular complexity index is 799. The molecule has 1 heterocycles. The van der Waals surface area contributed by atoms with Crippen molar-refractivity contribution in [3.8, 4) is 0 Å². The molecule has 0 fully saturated rings. The van der Waals surface area contributed by atoms with Crippen LogP contribution in [0.3, 0.4) is 0 Å². The molecule has 0 unspecified atom stereocenters. The second kappa shape index (κ2) is 8.85. The van der Waals surface area contributed by atoms with Gasteiger partial charge in [0.25, 0.3) is 0 Å². The molecule has 26 heavy (non-hydrogen) atoms. The monoisotopic (exact) mass is 376 g/mol. The van der Waals surface area contributed by atoms with Crippen LogP contribution in [0.2, 0.25) is 5.02 Å². The largest absolute Gasteiger partial charge is 0.326 e. The van der Waals surface area contributed by atoms with Crippen LogP contribution in [0, 0.1) is 19.8 Å².